The van der Waals surface area contributed by atoms with Crippen molar-refractivity contribution in [2.24, 2.45) is 0 Å². The summed E-state index contributed by atoms with van der Waals surface area (Å²) in [7, 11) is 0. The number of benzene rings is 1. The maximum Gasteiger partial charge on any atom is 0.266 e. The number of fused-ring (bicyclic) bond motifs is 1. The molecule has 2 saturated heterocycles. The maximum absolute atomic E-state index is 13.2. The fourth-order valence-electron chi connectivity index (χ4n) is 4.78. The average Bonchev–Trinajstić information content (AvgIpc) is 3.48. The molecule has 1 N–H and O–H groups in total. The van der Waals surface area contributed by atoms with Crippen LogP contribution in [0.2, 0.25) is 0 Å². The largest absolute Gasteiger partial charge is 0.467 e. The second kappa shape index (κ2) is 9.50. The summed E-state index contributed by atoms with van der Waals surface area (Å²) in [4.78, 5) is 42.3. The van der Waals surface area contributed by atoms with Gasteiger partial charge in [-0.2, -0.15) is 0 Å². The number of para-hydroxylation sites is 1. The highest BCUT2D eigenvalue weighted by Crippen LogP contribution is 2.26. The highest BCUT2D eigenvalue weighted by molar-refractivity contribution is 7.80. The summed E-state index contributed by atoms with van der Waals surface area (Å²) in [6.07, 6.45) is 8.10. The van der Waals surface area contributed by atoms with Crippen LogP contribution in [0.25, 0.3) is 17.0 Å². The number of rotatable bonds is 5. The number of carbonyl (C=O) groups excluding carboxylic acids is 3. The predicted octanol–water partition coefficient (Wildman–Crippen LogP) is 3.46. The Labute approximate surface area is 208 Å². The summed E-state index contributed by atoms with van der Waals surface area (Å²) < 4.78 is 7.23. The molecule has 3 aromatic rings. The topological polar surface area (TPSA) is 87.8 Å². The summed E-state index contributed by atoms with van der Waals surface area (Å²) in [5.74, 6) is -0.423. The Morgan fingerprint density at radius 1 is 1.20 bits per heavy atom. The molecule has 4 heterocycles. The van der Waals surface area contributed by atoms with Crippen molar-refractivity contribution in [1.82, 2.24) is 19.7 Å². The fourth-order valence-corrected chi connectivity index (χ4v) is 5.02. The Kier molecular flexibility index (Phi) is 6.25. The van der Waals surface area contributed by atoms with Crippen molar-refractivity contribution in [1.29, 1.82) is 0 Å². The first kappa shape index (κ1) is 23.0. The Hall–Kier alpha value is -3.72. The number of nitrogens with one attached hydrogen (secondary N) is 1. The van der Waals surface area contributed by atoms with Gasteiger partial charge in [0, 0.05) is 35.2 Å². The normalized spacial score (nSPS) is 20.1. The number of thiocarbonyl (C=S) groups is 1. The van der Waals surface area contributed by atoms with Crippen molar-refractivity contribution in [3.8, 4) is 0 Å². The molecular weight excluding hydrogens is 464 g/mol. The molecule has 2 fully saturated rings. The standard InChI is InChI=1S/C26H26N4O4S/c1-17-7-4-5-11-29(17)23(31)16-28-14-18(20-9-2-3-10-22(20)28)13-21-24(32)27-26(35)30(25(21)33)15-19-8-6-12-34-19/h2-3,6,8-10,12-14,17H,4-5,7,11,15-16H2,1H3,(H,27,32,35)/b21-13-/t17-/m0/s1. The third kappa shape index (κ3) is 4.51. The maximum atomic E-state index is 13.2. The zero-order valence-corrected chi connectivity index (χ0v) is 20.2. The molecule has 1 aromatic carbocycles. The van der Waals surface area contributed by atoms with E-state index in [1.165, 1.54) is 11.2 Å². The summed E-state index contributed by atoms with van der Waals surface area (Å²) >= 11 is 5.23. The third-order valence-electron chi connectivity index (χ3n) is 6.63. The molecule has 0 aliphatic carbocycles. The van der Waals surface area contributed by atoms with E-state index in [9.17, 15) is 14.4 Å². The molecular formula is C26H26N4O4S. The van der Waals surface area contributed by atoms with Gasteiger partial charge in [-0.05, 0) is 62.7 Å². The number of likely N-dealkylation sites (tertiary alicyclic amines) is 1. The van der Waals surface area contributed by atoms with Crippen LogP contribution in [0.1, 0.15) is 37.5 Å². The lowest BCUT2D eigenvalue weighted by atomic mass is 10.0. The minimum absolute atomic E-state index is 0.0240. The highest BCUT2D eigenvalue weighted by Gasteiger charge is 2.34. The van der Waals surface area contributed by atoms with Crippen molar-refractivity contribution in [3.63, 3.8) is 0 Å². The van der Waals surface area contributed by atoms with E-state index < -0.39 is 11.8 Å². The van der Waals surface area contributed by atoms with Gasteiger partial charge in [-0.25, -0.2) is 0 Å². The van der Waals surface area contributed by atoms with Crippen molar-refractivity contribution >= 4 is 52.0 Å². The Bertz CT molecular complexity index is 1340. The van der Waals surface area contributed by atoms with E-state index in [4.69, 9.17) is 16.6 Å². The number of carbonyl (C=O) groups is 3. The van der Waals surface area contributed by atoms with E-state index in [-0.39, 0.29) is 35.7 Å². The van der Waals surface area contributed by atoms with E-state index in [0.717, 1.165) is 36.7 Å². The van der Waals surface area contributed by atoms with Crippen molar-refractivity contribution in [2.75, 3.05) is 6.54 Å². The van der Waals surface area contributed by atoms with E-state index in [0.29, 0.717) is 11.3 Å². The first-order chi connectivity index (χ1) is 16.9. The van der Waals surface area contributed by atoms with Gasteiger partial charge in [0.25, 0.3) is 11.8 Å². The molecule has 0 saturated carbocycles. The second-order valence-electron chi connectivity index (χ2n) is 8.95. The van der Waals surface area contributed by atoms with Crippen LogP contribution in [0, 0.1) is 0 Å². The van der Waals surface area contributed by atoms with Crippen molar-refractivity contribution < 1.29 is 18.8 Å². The number of amides is 3. The quantitative estimate of drug-likeness (QED) is 0.336. The van der Waals surface area contributed by atoms with Gasteiger partial charge in [-0.3, -0.25) is 24.6 Å². The first-order valence-electron chi connectivity index (χ1n) is 11.7. The minimum Gasteiger partial charge on any atom is -0.467 e. The first-order valence-corrected chi connectivity index (χ1v) is 12.1. The van der Waals surface area contributed by atoms with Crippen molar-refractivity contribution in [2.45, 2.75) is 45.3 Å². The number of furan rings is 1. The summed E-state index contributed by atoms with van der Waals surface area (Å²) in [5, 5.41) is 3.49. The van der Waals surface area contributed by atoms with Gasteiger partial charge in [0.05, 0.1) is 12.8 Å². The van der Waals surface area contributed by atoms with Gasteiger partial charge < -0.3 is 13.9 Å². The van der Waals surface area contributed by atoms with Crippen LogP contribution in [-0.2, 0) is 27.5 Å². The second-order valence-corrected chi connectivity index (χ2v) is 9.34. The molecule has 180 valence electrons. The zero-order valence-electron chi connectivity index (χ0n) is 19.4. The summed E-state index contributed by atoms with van der Waals surface area (Å²) in [6.45, 7) is 3.18. The Balaban J connectivity index is 1.47. The molecule has 2 aliphatic rings. The van der Waals surface area contributed by atoms with Gasteiger partial charge in [-0.1, -0.05) is 18.2 Å². The monoisotopic (exact) mass is 490 g/mol. The van der Waals surface area contributed by atoms with Gasteiger partial charge in [0.2, 0.25) is 5.91 Å². The Morgan fingerprint density at radius 3 is 2.80 bits per heavy atom. The van der Waals surface area contributed by atoms with Gasteiger partial charge in [0.15, 0.2) is 5.11 Å². The summed E-state index contributed by atoms with van der Waals surface area (Å²) in [6, 6.07) is 11.4. The smallest absolute Gasteiger partial charge is 0.266 e. The lowest BCUT2D eigenvalue weighted by Crippen LogP contribution is -2.53. The van der Waals surface area contributed by atoms with Crippen LogP contribution in [0.4, 0.5) is 0 Å². The van der Waals surface area contributed by atoms with E-state index in [2.05, 4.69) is 12.2 Å². The molecule has 0 radical (unpaired) electrons. The number of aromatic nitrogens is 1. The van der Waals surface area contributed by atoms with Crippen LogP contribution in [-0.4, -0.2) is 49.8 Å². The van der Waals surface area contributed by atoms with E-state index in [1.807, 2.05) is 39.9 Å². The lowest BCUT2D eigenvalue weighted by molar-refractivity contribution is -0.135. The molecule has 3 amide bonds. The average molecular weight is 491 g/mol. The van der Waals surface area contributed by atoms with Gasteiger partial charge >= 0.3 is 0 Å². The molecule has 0 unspecified atom stereocenters. The third-order valence-corrected chi connectivity index (χ3v) is 6.95. The highest BCUT2D eigenvalue weighted by atomic mass is 32.1. The van der Waals surface area contributed by atoms with Crippen LogP contribution < -0.4 is 5.32 Å². The molecule has 9 heteroatoms. The minimum atomic E-state index is -0.550. The van der Waals surface area contributed by atoms with Gasteiger partial charge in [-0.15, -0.1) is 0 Å². The molecule has 35 heavy (non-hydrogen) atoms. The number of hydrogen-bond acceptors (Lipinski definition) is 5. The van der Waals surface area contributed by atoms with Gasteiger partial charge in [0.1, 0.15) is 17.9 Å². The molecule has 2 aromatic heterocycles. The number of hydrogen-bond donors (Lipinski definition) is 1. The fraction of sp³-hybridized carbons (Fsp3) is 0.308. The van der Waals surface area contributed by atoms with E-state index >= 15 is 0 Å². The number of nitrogens with zero attached hydrogens (tertiary/aromatic N) is 3. The molecule has 0 bridgehead atoms. The van der Waals surface area contributed by atoms with Crippen LogP contribution >= 0.6 is 12.2 Å². The molecule has 5 rings (SSSR count). The van der Waals surface area contributed by atoms with Crippen LogP contribution in [0.15, 0.2) is 58.8 Å². The number of piperidine rings is 1. The lowest BCUT2D eigenvalue weighted by Gasteiger charge is -2.33. The summed E-state index contributed by atoms with van der Waals surface area (Å²) in [5.41, 5.74) is 1.53. The molecule has 1 atom stereocenters. The Morgan fingerprint density at radius 2 is 2.03 bits per heavy atom. The van der Waals surface area contributed by atoms with E-state index in [1.54, 1.807) is 18.2 Å². The zero-order chi connectivity index (χ0) is 24.5. The SMILES string of the molecule is C[C@H]1CCCCN1C(=O)Cn1cc(/C=C2/C(=O)NC(=S)N(Cc3ccco3)C2=O)c2ccccc21. The molecule has 8 nitrogen and oxygen atoms in total. The predicted molar refractivity (Wildman–Crippen MR) is 135 cm³/mol. The molecule has 0 spiro atoms. The van der Waals surface area contributed by atoms with Crippen molar-refractivity contribution in [3.05, 3.63) is 65.8 Å². The van der Waals surface area contributed by atoms with Crippen LogP contribution in [0.5, 0.6) is 0 Å². The molecule has 2 aliphatic heterocycles. The van der Waals surface area contributed by atoms with Crippen LogP contribution in [0.3, 0.4) is 0 Å².